The Balaban J connectivity index is 1.66. The van der Waals surface area contributed by atoms with Crippen LogP contribution in [0.1, 0.15) is 44.7 Å². The van der Waals surface area contributed by atoms with Gasteiger partial charge in [-0.1, -0.05) is 11.6 Å². The maximum Gasteiger partial charge on any atom is 0.407 e. The highest BCUT2D eigenvalue weighted by molar-refractivity contribution is 6.29. The van der Waals surface area contributed by atoms with E-state index in [1.807, 2.05) is 26.8 Å². The molecule has 0 aliphatic carbocycles. The summed E-state index contributed by atoms with van der Waals surface area (Å²) in [6.45, 7) is 6.57. The van der Waals surface area contributed by atoms with Gasteiger partial charge in [-0.25, -0.2) is 18.6 Å². The average molecular weight is 470 g/mol. The number of halogens is 3. The van der Waals surface area contributed by atoms with Crippen molar-refractivity contribution in [3.05, 3.63) is 40.9 Å². The van der Waals surface area contributed by atoms with Crippen molar-refractivity contribution in [1.82, 2.24) is 20.1 Å². The monoisotopic (exact) mass is 469 g/mol. The Bertz CT molecular complexity index is 916. The van der Waals surface area contributed by atoms with Gasteiger partial charge < -0.3 is 15.0 Å². The van der Waals surface area contributed by atoms with Crippen LogP contribution in [0.5, 0.6) is 0 Å². The third-order valence-corrected chi connectivity index (χ3v) is 5.31. The molecule has 176 valence electrons. The van der Waals surface area contributed by atoms with Gasteiger partial charge in [0, 0.05) is 37.2 Å². The summed E-state index contributed by atoms with van der Waals surface area (Å²) in [5, 5.41) is 7.36. The summed E-state index contributed by atoms with van der Waals surface area (Å²) in [5.74, 6) is 0. The van der Waals surface area contributed by atoms with E-state index in [2.05, 4.69) is 20.3 Å². The van der Waals surface area contributed by atoms with E-state index in [1.165, 1.54) is 4.68 Å². The predicted molar refractivity (Wildman–Crippen MR) is 119 cm³/mol. The topological polar surface area (TPSA) is 72.3 Å². The predicted octanol–water partition coefficient (Wildman–Crippen LogP) is 4.48. The summed E-state index contributed by atoms with van der Waals surface area (Å²) in [6.07, 6.45) is 5.27. The number of hydrogen-bond acceptors (Lipinski definition) is 5. The Morgan fingerprint density at radius 1 is 1.34 bits per heavy atom. The van der Waals surface area contributed by atoms with Crippen LogP contribution in [0.2, 0.25) is 5.15 Å². The summed E-state index contributed by atoms with van der Waals surface area (Å²) in [5.41, 5.74) is 2.32. The van der Waals surface area contributed by atoms with Crippen molar-refractivity contribution in [2.24, 2.45) is 0 Å². The van der Waals surface area contributed by atoms with Crippen LogP contribution in [0.4, 0.5) is 19.3 Å². The molecule has 0 aromatic carbocycles. The number of nitrogens with one attached hydrogen (secondary N) is 1. The number of rotatable bonds is 7. The summed E-state index contributed by atoms with van der Waals surface area (Å²) < 4.78 is 31.7. The lowest BCUT2D eigenvalue weighted by atomic mass is 10.0. The highest BCUT2D eigenvalue weighted by Crippen LogP contribution is 2.27. The van der Waals surface area contributed by atoms with Crippen LogP contribution in [0.15, 0.2) is 24.7 Å². The number of carbonyl (C=O) groups is 1. The lowest BCUT2D eigenvalue weighted by molar-refractivity contribution is 0.0500. The van der Waals surface area contributed by atoms with Crippen molar-refractivity contribution in [3.8, 4) is 0 Å². The number of alkyl halides is 2. The highest BCUT2D eigenvalue weighted by Gasteiger charge is 2.25. The van der Waals surface area contributed by atoms with Crippen molar-refractivity contribution in [1.29, 1.82) is 0 Å². The third kappa shape index (κ3) is 7.32. The normalized spacial score (nSPS) is 17.0. The number of pyridine rings is 1. The van der Waals surface area contributed by atoms with Crippen LogP contribution in [0, 0.1) is 0 Å². The summed E-state index contributed by atoms with van der Waals surface area (Å²) in [6, 6.07) is 1.80. The number of piperidine rings is 1. The molecule has 7 nitrogen and oxygen atoms in total. The maximum atomic E-state index is 12.5. The first-order valence-corrected chi connectivity index (χ1v) is 11.2. The third-order valence-electron chi connectivity index (χ3n) is 5.11. The van der Waals surface area contributed by atoms with E-state index in [4.69, 9.17) is 16.3 Å². The molecular formula is C22H30ClF2N5O2. The minimum Gasteiger partial charge on any atom is -0.444 e. The molecule has 1 aliphatic rings. The fraction of sp³-hybridized carbons (Fsp3) is 0.591. The Morgan fingerprint density at radius 3 is 2.84 bits per heavy atom. The van der Waals surface area contributed by atoms with E-state index in [-0.39, 0.29) is 6.04 Å². The first kappa shape index (κ1) is 24.2. The molecular weight excluding hydrogens is 440 g/mol. The van der Waals surface area contributed by atoms with Crippen molar-refractivity contribution < 1.29 is 18.3 Å². The van der Waals surface area contributed by atoms with Crippen LogP contribution in [0.3, 0.4) is 0 Å². The van der Waals surface area contributed by atoms with Gasteiger partial charge in [-0.3, -0.25) is 4.68 Å². The lowest BCUT2D eigenvalue weighted by Gasteiger charge is -2.36. The van der Waals surface area contributed by atoms with Gasteiger partial charge in [-0.15, -0.1) is 0 Å². The number of hydrogen-bond donors (Lipinski definition) is 1. The fourth-order valence-electron chi connectivity index (χ4n) is 3.78. The molecule has 1 fully saturated rings. The average Bonchev–Trinajstić information content (AvgIpc) is 3.12. The fourth-order valence-corrected chi connectivity index (χ4v) is 3.93. The van der Waals surface area contributed by atoms with Gasteiger partial charge in [0.25, 0.3) is 6.43 Å². The number of aromatic nitrogens is 3. The quantitative estimate of drug-likeness (QED) is 0.605. The first-order chi connectivity index (χ1) is 15.1. The molecule has 3 rings (SSSR count). The molecule has 0 bridgehead atoms. The van der Waals surface area contributed by atoms with Gasteiger partial charge in [0.1, 0.15) is 17.3 Å². The second kappa shape index (κ2) is 10.5. The molecule has 0 unspecified atom stereocenters. The van der Waals surface area contributed by atoms with E-state index >= 15 is 0 Å². The first-order valence-electron chi connectivity index (χ1n) is 10.8. The molecule has 1 amide bonds. The number of aryl methyl sites for hydroxylation is 2. The molecule has 1 N–H and O–H groups in total. The zero-order valence-corrected chi connectivity index (χ0v) is 19.4. The smallest absolute Gasteiger partial charge is 0.407 e. The number of carbonyl (C=O) groups excluding carboxylic acids is 1. The van der Waals surface area contributed by atoms with Crippen molar-refractivity contribution in [3.63, 3.8) is 0 Å². The van der Waals surface area contributed by atoms with Crippen LogP contribution in [-0.4, -0.2) is 52.0 Å². The number of nitrogens with zero attached hydrogens (tertiary/aromatic N) is 4. The summed E-state index contributed by atoms with van der Waals surface area (Å²) in [4.78, 5) is 18.6. The van der Waals surface area contributed by atoms with Crippen molar-refractivity contribution in [2.45, 2.75) is 71.1 Å². The van der Waals surface area contributed by atoms with Gasteiger partial charge in [-0.05, 0) is 63.6 Å². The molecule has 0 saturated carbocycles. The molecule has 2 aromatic heterocycles. The van der Waals surface area contributed by atoms with Gasteiger partial charge >= 0.3 is 6.09 Å². The number of anilines is 1. The van der Waals surface area contributed by atoms with Crippen LogP contribution in [0.25, 0.3) is 0 Å². The zero-order chi connectivity index (χ0) is 23.3. The Kier molecular flexibility index (Phi) is 7.92. The van der Waals surface area contributed by atoms with Gasteiger partial charge in [0.05, 0.1) is 6.20 Å². The second-order valence-corrected chi connectivity index (χ2v) is 9.42. The SMILES string of the molecule is CC(C)(C)OC(=O)N[C@H]1CCCN(c2cc(Cl)ncc2CCc2cnn(CC(F)F)c2)C1. The zero-order valence-electron chi connectivity index (χ0n) is 18.7. The molecule has 0 radical (unpaired) electrons. The van der Waals surface area contributed by atoms with Crippen LogP contribution >= 0.6 is 11.6 Å². The van der Waals surface area contributed by atoms with E-state index in [9.17, 15) is 13.6 Å². The Labute approximate surface area is 192 Å². The highest BCUT2D eigenvalue weighted by atomic mass is 35.5. The lowest BCUT2D eigenvalue weighted by Crippen LogP contribution is -2.49. The van der Waals surface area contributed by atoms with Gasteiger partial charge in [0.15, 0.2) is 0 Å². The molecule has 1 saturated heterocycles. The van der Waals surface area contributed by atoms with Crippen LogP contribution in [-0.2, 0) is 24.1 Å². The molecule has 0 spiro atoms. The summed E-state index contributed by atoms with van der Waals surface area (Å²) in [7, 11) is 0. The molecule has 1 aliphatic heterocycles. The standard InChI is InChI=1S/C22H30ClF2N5O2/c1-22(2,3)32-21(31)28-17-5-4-8-29(13-17)18-9-19(23)26-11-16(18)7-6-15-10-27-30(12-15)14-20(24)25/h9-12,17,20H,4-8,13-14H2,1-3H3,(H,28,31)/t17-/m0/s1. The van der Waals surface area contributed by atoms with Crippen molar-refractivity contribution in [2.75, 3.05) is 18.0 Å². The van der Waals surface area contributed by atoms with E-state index in [0.717, 1.165) is 36.2 Å². The molecule has 2 aromatic rings. The molecule has 1 atom stereocenters. The minimum absolute atomic E-state index is 0.0361. The number of alkyl carbamates (subject to hydrolysis) is 1. The summed E-state index contributed by atoms with van der Waals surface area (Å²) >= 11 is 6.19. The van der Waals surface area contributed by atoms with Crippen molar-refractivity contribution >= 4 is 23.4 Å². The largest absolute Gasteiger partial charge is 0.444 e. The van der Waals surface area contributed by atoms with Gasteiger partial charge in [-0.2, -0.15) is 5.10 Å². The Morgan fingerprint density at radius 2 is 2.12 bits per heavy atom. The van der Waals surface area contributed by atoms with Crippen LogP contribution < -0.4 is 10.2 Å². The second-order valence-electron chi connectivity index (χ2n) is 9.03. The van der Waals surface area contributed by atoms with Gasteiger partial charge in [0.2, 0.25) is 0 Å². The van der Waals surface area contributed by atoms with E-state index in [0.29, 0.717) is 24.5 Å². The van der Waals surface area contributed by atoms with E-state index in [1.54, 1.807) is 18.6 Å². The molecule has 3 heterocycles. The Hall–Kier alpha value is -2.42. The van der Waals surface area contributed by atoms with E-state index < -0.39 is 24.7 Å². The number of ether oxygens (including phenoxy) is 1. The number of amides is 1. The maximum absolute atomic E-state index is 12.5. The molecule has 10 heteroatoms. The minimum atomic E-state index is -2.43. The molecule has 32 heavy (non-hydrogen) atoms.